The molecule has 0 heterocycles. The molecule has 0 unspecified atom stereocenters. The number of anilines is 1. The monoisotopic (exact) mass is 372 g/mol. The van der Waals surface area contributed by atoms with Crippen molar-refractivity contribution >= 4 is 50.5 Å². The van der Waals surface area contributed by atoms with Crippen LogP contribution < -0.4 is 10.6 Å². The highest BCUT2D eigenvalue weighted by Crippen LogP contribution is 2.19. The lowest BCUT2D eigenvalue weighted by molar-refractivity contribution is 0.628. The van der Waals surface area contributed by atoms with Crippen LogP contribution in [-0.4, -0.2) is 5.11 Å². The summed E-state index contributed by atoms with van der Waals surface area (Å²) in [7, 11) is 0. The second kappa shape index (κ2) is 7.02. The molecule has 0 aliphatic carbocycles. The van der Waals surface area contributed by atoms with Crippen LogP contribution in [0.4, 0.5) is 10.1 Å². The Bertz CT molecular complexity index is 636. The van der Waals surface area contributed by atoms with E-state index >= 15 is 0 Å². The van der Waals surface area contributed by atoms with Crippen molar-refractivity contribution in [2.75, 3.05) is 5.32 Å². The quantitative estimate of drug-likeness (QED) is 0.761. The van der Waals surface area contributed by atoms with Crippen LogP contribution in [0.3, 0.4) is 0 Å². The minimum atomic E-state index is -0.454. The third-order valence-electron chi connectivity index (χ3n) is 2.57. The Balaban J connectivity index is 1.93. The van der Waals surface area contributed by atoms with Gasteiger partial charge in [0, 0.05) is 16.7 Å². The fraction of sp³-hybridized carbons (Fsp3) is 0.0714. The first-order valence-corrected chi connectivity index (χ1v) is 7.37. The number of thiocarbonyl (C=S) groups is 1. The second-order valence-corrected chi connectivity index (χ2v) is 5.70. The Kier molecular flexibility index (Phi) is 5.34. The summed E-state index contributed by atoms with van der Waals surface area (Å²) in [6.45, 7) is 0.585. The molecule has 0 spiro atoms. The molecule has 0 aliphatic heterocycles. The molecule has 2 aromatic carbocycles. The van der Waals surface area contributed by atoms with Crippen LogP contribution in [0, 0.1) is 5.82 Å². The van der Waals surface area contributed by atoms with Crippen molar-refractivity contribution in [2.45, 2.75) is 6.54 Å². The zero-order valence-corrected chi connectivity index (χ0v) is 13.4. The molecular formula is C14H11BrClFN2S. The van der Waals surface area contributed by atoms with Crippen LogP contribution in [-0.2, 0) is 6.54 Å². The average molecular weight is 374 g/mol. The van der Waals surface area contributed by atoms with Gasteiger partial charge in [0.25, 0.3) is 0 Å². The topological polar surface area (TPSA) is 24.1 Å². The molecule has 0 amide bonds. The van der Waals surface area contributed by atoms with Gasteiger partial charge in [0.2, 0.25) is 0 Å². The van der Waals surface area contributed by atoms with Gasteiger partial charge in [-0.3, -0.25) is 0 Å². The second-order valence-electron chi connectivity index (χ2n) is 4.03. The predicted octanol–water partition coefficient (Wildman–Crippen LogP) is 4.73. The van der Waals surface area contributed by atoms with Crippen LogP contribution in [0.2, 0.25) is 5.02 Å². The van der Waals surface area contributed by atoms with E-state index in [1.165, 1.54) is 12.1 Å². The van der Waals surface area contributed by atoms with Crippen molar-refractivity contribution in [3.8, 4) is 0 Å². The van der Waals surface area contributed by atoms with Crippen LogP contribution in [0.15, 0.2) is 46.9 Å². The first kappa shape index (κ1) is 15.2. The fourth-order valence-electron chi connectivity index (χ4n) is 1.57. The molecule has 20 heavy (non-hydrogen) atoms. The molecular weight excluding hydrogens is 363 g/mol. The summed E-state index contributed by atoms with van der Waals surface area (Å²) in [5.74, 6) is -0.454. The van der Waals surface area contributed by atoms with E-state index in [-0.39, 0.29) is 5.02 Å². The molecule has 104 valence electrons. The number of hydrogen-bond donors (Lipinski definition) is 2. The summed E-state index contributed by atoms with van der Waals surface area (Å²) in [6.07, 6.45) is 0. The number of halogens is 3. The third kappa shape index (κ3) is 4.16. The molecule has 0 saturated heterocycles. The number of nitrogens with one attached hydrogen (secondary N) is 2. The zero-order chi connectivity index (χ0) is 14.5. The summed E-state index contributed by atoms with van der Waals surface area (Å²) in [5, 5.41) is 6.54. The van der Waals surface area contributed by atoms with Gasteiger partial charge < -0.3 is 10.6 Å². The maximum absolute atomic E-state index is 13.0. The Morgan fingerprint density at radius 1 is 1.25 bits per heavy atom. The van der Waals surface area contributed by atoms with Gasteiger partial charge in [0.15, 0.2) is 5.11 Å². The van der Waals surface area contributed by atoms with Gasteiger partial charge in [-0.15, -0.1) is 0 Å². The molecule has 6 heteroatoms. The van der Waals surface area contributed by atoms with Crippen molar-refractivity contribution in [1.82, 2.24) is 5.32 Å². The molecule has 0 saturated carbocycles. The van der Waals surface area contributed by atoms with E-state index in [1.54, 1.807) is 6.07 Å². The van der Waals surface area contributed by atoms with E-state index in [0.29, 0.717) is 17.3 Å². The summed E-state index contributed by atoms with van der Waals surface area (Å²) >= 11 is 14.4. The highest BCUT2D eigenvalue weighted by molar-refractivity contribution is 9.10. The third-order valence-corrected chi connectivity index (χ3v) is 3.88. The molecule has 0 radical (unpaired) electrons. The summed E-state index contributed by atoms with van der Waals surface area (Å²) in [5.41, 5.74) is 1.73. The molecule has 2 rings (SSSR count). The summed E-state index contributed by atoms with van der Waals surface area (Å²) < 4.78 is 14.1. The lowest BCUT2D eigenvalue weighted by atomic mass is 10.2. The number of hydrogen-bond acceptors (Lipinski definition) is 1. The van der Waals surface area contributed by atoms with Gasteiger partial charge in [-0.05, 0) is 42.0 Å². The van der Waals surface area contributed by atoms with Crippen LogP contribution in [0.1, 0.15) is 5.56 Å². The van der Waals surface area contributed by atoms with Gasteiger partial charge in [0.1, 0.15) is 5.82 Å². The van der Waals surface area contributed by atoms with Gasteiger partial charge in [-0.2, -0.15) is 0 Å². The van der Waals surface area contributed by atoms with E-state index in [0.717, 1.165) is 10.0 Å². The van der Waals surface area contributed by atoms with Crippen molar-refractivity contribution in [2.24, 2.45) is 0 Å². The van der Waals surface area contributed by atoms with E-state index in [1.807, 2.05) is 24.3 Å². The van der Waals surface area contributed by atoms with E-state index in [9.17, 15) is 4.39 Å². The van der Waals surface area contributed by atoms with Crippen LogP contribution in [0.5, 0.6) is 0 Å². The Morgan fingerprint density at radius 3 is 2.70 bits per heavy atom. The predicted molar refractivity (Wildman–Crippen MR) is 88.6 cm³/mol. The molecule has 0 bridgehead atoms. The molecule has 0 aliphatic rings. The maximum atomic E-state index is 13.0. The number of rotatable bonds is 3. The Morgan fingerprint density at radius 2 is 2.00 bits per heavy atom. The van der Waals surface area contributed by atoms with E-state index in [2.05, 4.69) is 26.6 Å². The minimum absolute atomic E-state index is 0.0589. The molecule has 0 aromatic heterocycles. The summed E-state index contributed by atoms with van der Waals surface area (Å²) in [6, 6.07) is 12.2. The van der Waals surface area contributed by atoms with E-state index in [4.69, 9.17) is 23.8 Å². The lowest BCUT2D eigenvalue weighted by Gasteiger charge is -2.11. The summed E-state index contributed by atoms with van der Waals surface area (Å²) in [4.78, 5) is 0. The number of benzene rings is 2. The largest absolute Gasteiger partial charge is 0.358 e. The van der Waals surface area contributed by atoms with Crippen LogP contribution >= 0.6 is 39.7 Å². The van der Waals surface area contributed by atoms with Crippen LogP contribution in [0.25, 0.3) is 0 Å². The van der Waals surface area contributed by atoms with Gasteiger partial charge in [0.05, 0.1) is 5.02 Å². The smallest absolute Gasteiger partial charge is 0.171 e. The minimum Gasteiger partial charge on any atom is -0.358 e. The highest BCUT2D eigenvalue weighted by Gasteiger charge is 2.03. The highest BCUT2D eigenvalue weighted by atomic mass is 79.9. The van der Waals surface area contributed by atoms with Crippen molar-refractivity contribution in [3.05, 3.63) is 63.3 Å². The Hall–Kier alpha value is -1.17. The molecule has 2 N–H and O–H groups in total. The maximum Gasteiger partial charge on any atom is 0.171 e. The SMILES string of the molecule is Fc1ccc(NC(=S)NCc2ccccc2Br)cc1Cl. The molecule has 2 nitrogen and oxygen atoms in total. The van der Waals surface area contributed by atoms with Crippen molar-refractivity contribution in [3.63, 3.8) is 0 Å². The van der Waals surface area contributed by atoms with Gasteiger partial charge in [-0.1, -0.05) is 45.7 Å². The molecule has 2 aromatic rings. The van der Waals surface area contributed by atoms with Gasteiger partial charge >= 0.3 is 0 Å². The first-order valence-electron chi connectivity index (χ1n) is 5.79. The standard InChI is InChI=1S/C14H11BrClFN2S/c15-11-4-2-1-3-9(11)8-18-14(20)19-10-5-6-13(17)12(16)7-10/h1-7H,8H2,(H2,18,19,20). The van der Waals surface area contributed by atoms with Crippen molar-refractivity contribution < 1.29 is 4.39 Å². The van der Waals surface area contributed by atoms with Crippen molar-refractivity contribution in [1.29, 1.82) is 0 Å². The van der Waals surface area contributed by atoms with Gasteiger partial charge in [-0.25, -0.2) is 4.39 Å². The fourth-order valence-corrected chi connectivity index (χ4v) is 2.36. The normalized spacial score (nSPS) is 10.2. The zero-order valence-electron chi connectivity index (χ0n) is 10.3. The average Bonchev–Trinajstić information content (AvgIpc) is 2.42. The molecule has 0 fully saturated rings. The lowest BCUT2D eigenvalue weighted by Crippen LogP contribution is -2.28. The Labute approximate surface area is 135 Å². The first-order chi connectivity index (χ1) is 9.56. The van der Waals surface area contributed by atoms with E-state index < -0.39 is 5.82 Å². The molecule has 0 atom stereocenters.